The molecule has 0 radical (unpaired) electrons. The summed E-state index contributed by atoms with van der Waals surface area (Å²) in [5.41, 5.74) is 1.08. The molecule has 0 saturated carbocycles. The maximum Gasteiger partial charge on any atom is 0.305 e. The lowest BCUT2D eigenvalue weighted by atomic mass is 9.96. The number of fused-ring (bicyclic) bond motifs is 2. The van der Waals surface area contributed by atoms with Gasteiger partial charge in [-0.1, -0.05) is 48.5 Å². The molecule has 0 aromatic heterocycles. The minimum Gasteiger partial charge on any atom is -0.481 e. The molecule has 27 heavy (non-hydrogen) atoms. The van der Waals surface area contributed by atoms with Gasteiger partial charge in [-0.2, -0.15) is 0 Å². The Bertz CT molecular complexity index is 1020. The average Bonchev–Trinajstić information content (AvgIpc) is 3.15. The lowest BCUT2D eigenvalue weighted by Crippen LogP contribution is -2.30. The van der Waals surface area contributed by atoms with Crippen molar-refractivity contribution in [3.8, 4) is 11.5 Å². The number of hydrogen-bond acceptors (Lipinski definition) is 4. The van der Waals surface area contributed by atoms with Crippen molar-refractivity contribution in [2.45, 2.75) is 12.5 Å². The molecule has 4 rings (SSSR count). The van der Waals surface area contributed by atoms with E-state index in [4.69, 9.17) is 9.47 Å². The van der Waals surface area contributed by atoms with E-state index in [0.29, 0.717) is 17.1 Å². The van der Waals surface area contributed by atoms with Crippen LogP contribution < -0.4 is 14.8 Å². The Kier molecular flexibility index (Phi) is 4.38. The fourth-order valence-corrected chi connectivity index (χ4v) is 3.31. The van der Waals surface area contributed by atoms with Crippen molar-refractivity contribution in [1.29, 1.82) is 0 Å². The fraction of sp³-hybridized carbons (Fsp3) is 0.143. The number of ether oxygens (including phenoxy) is 2. The number of benzene rings is 3. The highest BCUT2D eigenvalue weighted by Gasteiger charge is 2.25. The quantitative estimate of drug-likeness (QED) is 0.725. The summed E-state index contributed by atoms with van der Waals surface area (Å²) in [5, 5.41) is 14.1. The average molecular weight is 363 g/mol. The highest BCUT2D eigenvalue weighted by molar-refractivity contribution is 5.99. The summed E-state index contributed by atoms with van der Waals surface area (Å²) < 4.78 is 10.7. The Morgan fingerprint density at radius 2 is 1.78 bits per heavy atom. The van der Waals surface area contributed by atoms with Gasteiger partial charge in [0.05, 0.1) is 18.0 Å². The van der Waals surface area contributed by atoms with E-state index in [-0.39, 0.29) is 13.2 Å². The molecule has 3 aromatic rings. The van der Waals surface area contributed by atoms with E-state index in [1.165, 1.54) is 0 Å². The summed E-state index contributed by atoms with van der Waals surface area (Å²) in [7, 11) is 0. The first kappa shape index (κ1) is 16.9. The summed E-state index contributed by atoms with van der Waals surface area (Å²) >= 11 is 0. The van der Waals surface area contributed by atoms with Gasteiger partial charge in [-0.05, 0) is 28.5 Å². The number of rotatable bonds is 5. The van der Waals surface area contributed by atoms with Crippen molar-refractivity contribution in [2.24, 2.45) is 0 Å². The van der Waals surface area contributed by atoms with Gasteiger partial charge in [0.15, 0.2) is 11.5 Å². The molecule has 136 valence electrons. The van der Waals surface area contributed by atoms with E-state index in [9.17, 15) is 14.7 Å². The topological polar surface area (TPSA) is 84.9 Å². The van der Waals surface area contributed by atoms with Crippen molar-refractivity contribution in [1.82, 2.24) is 5.32 Å². The van der Waals surface area contributed by atoms with Gasteiger partial charge in [0.25, 0.3) is 5.91 Å². The largest absolute Gasteiger partial charge is 0.481 e. The molecule has 0 aliphatic carbocycles. The van der Waals surface area contributed by atoms with Crippen LogP contribution in [-0.2, 0) is 4.79 Å². The van der Waals surface area contributed by atoms with Crippen LogP contribution in [0.1, 0.15) is 28.4 Å². The number of carboxylic acids is 1. The molecule has 6 nitrogen and oxygen atoms in total. The number of hydrogen-bond donors (Lipinski definition) is 2. The third kappa shape index (κ3) is 3.29. The second kappa shape index (κ2) is 6.99. The maximum atomic E-state index is 12.9. The highest BCUT2D eigenvalue weighted by atomic mass is 16.7. The molecule has 0 saturated heterocycles. The van der Waals surface area contributed by atoms with Crippen molar-refractivity contribution < 1.29 is 24.2 Å². The van der Waals surface area contributed by atoms with Gasteiger partial charge in [-0.15, -0.1) is 0 Å². The minimum absolute atomic E-state index is 0.0570. The molecule has 1 atom stereocenters. The van der Waals surface area contributed by atoms with E-state index in [0.717, 1.165) is 16.3 Å². The SMILES string of the molecule is O=C(O)C[C@@H](NC(=O)c1cccc2c1OCO2)c1cccc2ccccc12. The van der Waals surface area contributed by atoms with Gasteiger partial charge in [0, 0.05) is 0 Å². The van der Waals surface area contributed by atoms with Crippen LogP contribution in [0, 0.1) is 0 Å². The van der Waals surface area contributed by atoms with Crippen molar-refractivity contribution in [3.05, 3.63) is 71.8 Å². The van der Waals surface area contributed by atoms with Gasteiger partial charge >= 0.3 is 5.97 Å². The first-order chi connectivity index (χ1) is 13.1. The maximum absolute atomic E-state index is 12.9. The predicted octanol–water partition coefficient (Wildman–Crippen LogP) is 3.51. The zero-order valence-electron chi connectivity index (χ0n) is 14.3. The minimum atomic E-state index is -0.994. The Balaban J connectivity index is 1.70. The molecule has 1 heterocycles. The number of nitrogens with one attached hydrogen (secondary N) is 1. The molecule has 0 unspecified atom stereocenters. The molecule has 6 heteroatoms. The Morgan fingerprint density at radius 3 is 2.63 bits per heavy atom. The third-order valence-electron chi connectivity index (χ3n) is 4.52. The van der Waals surface area contributed by atoms with Crippen LogP contribution in [0.5, 0.6) is 11.5 Å². The lowest BCUT2D eigenvalue weighted by Gasteiger charge is -2.20. The second-order valence-electron chi connectivity index (χ2n) is 6.23. The van der Waals surface area contributed by atoms with Crippen LogP contribution in [0.15, 0.2) is 60.7 Å². The first-order valence-electron chi connectivity index (χ1n) is 8.52. The fourth-order valence-electron chi connectivity index (χ4n) is 3.31. The van der Waals surface area contributed by atoms with Crippen molar-refractivity contribution in [2.75, 3.05) is 6.79 Å². The predicted molar refractivity (Wildman–Crippen MR) is 99.0 cm³/mol. The molecule has 0 spiro atoms. The smallest absolute Gasteiger partial charge is 0.305 e. The monoisotopic (exact) mass is 363 g/mol. The van der Waals surface area contributed by atoms with E-state index in [2.05, 4.69) is 5.32 Å². The molecule has 1 amide bonds. The normalized spacial score (nSPS) is 13.3. The summed E-state index contributed by atoms with van der Waals surface area (Å²) in [5.74, 6) is -0.521. The van der Waals surface area contributed by atoms with Gasteiger partial charge < -0.3 is 19.9 Å². The Hall–Kier alpha value is -3.54. The molecule has 2 N–H and O–H groups in total. The number of aliphatic carboxylic acids is 1. The second-order valence-corrected chi connectivity index (χ2v) is 6.23. The number of amides is 1. The highest BCUT2D eigenvalue weighted by Crippen LogP contribution is 2.36. The van der Waals surface area contributed by atoms with Crippen LogP contribution in [-0.4, -0.2) is 23.8 Å². The molecule has 0 fully saturated rings. The van der Waals surface area contributed by atoms with Gasteiger partial charge in [-0.3, -0.25) is 9.59 Å². The Labute approximate surface area is 155 Å². The van der Waals surface area contributed by atoms with Crippen molar-refractivity contribution >= 4 is 22.6 Å². The molecule has 1 aliphatic rings. The third-order valence-corrected chi connectivity index (χ3v) is 4.52. The number of para-hydroxylation sites is 1. The zero-order chi connectivity index (χ0) is 18.8. The molecule has 1 aliphatic heterocycles. The molecule has 0 bridgehead atoms. The number of carbonyl (C=O) groups excluding carboxylic acids is 1. The van der Waals surface area contributed by atoms with Crippen LogP contribution in [0.25, 0.3) is 10.8 Å². The van der Waals surface area contributed by atoms with E-state index in [1.54, 1.807) is 18.2 Å². The Morgan fingerprint density at radius 1 is 1.00 bits per heavy atom. The van der Waals surface area contributed by atoms with Crippen LogP contribution in [0.3, 0.4) is 0 Å². The first-order valence-corrected chi connectivity index (χ1v) is 8.52. The molecule has 3 aromatic carbocycles. The molecular formula is C21H17NO5. The van der Waals surface area contributed by atoms with Gasteiger partial charge in [0.1, 0.15) is 0 Å². The zero-order valence-corrected chi connectivity index (χ0v) is 14.3. The summed E-state index contributed by atoms with van der Waals surface area (Å²) in [6, 6.07) is 17.7. The van der Waals surface area contributed by atoms with Crippen LogP contribution in [0.4, 0.5) is 0 Å². The van der Waals surface area contributed by atoms with Crippen molar-refractivity contribution in [3.63, 3.8) is 0 Å². The van der Waals surface area contributed by atoms with Gasteiger partial charge in [0.2, 0.25) is 6.79 Å². The van der Waals surface area contributed by atoms with Crippen LogP contribution in [0.2, 0.25) is 0 Å². The number of carbonyl (C=O) groups is 2. The van der Waals surface area contributed by atoms with Gasteiger partial charge in [-0.25, -0.2) is 0 Å². The van der Waals surface area contributed by atoms with E-state index >= 15 is 0 Å². The number of carboxylic acid groups (broad SMARTS) is 1. The summed E-state index contributed by atoms with van der Waals surface area (Å²) in [4.78, 5) is 24.3. The van der Waals surface area contributed by atoms with E-state index < -0.39 is 17.9 Å². The van der Waals surface area contributed by atoms with E-state index in [1.807, 2.05) is 42.5 Å². The lowest BCUT2D eigenvalue weighted by molar-refractivity contribution is -0.137. The standard InChI is InChI=1S/C21H17NO5/c23-19(24)11-17(15-8-3-6-13-5-1-2-7-14(13)15)22-21(25)16-9-4-10-18-20(16)27-12-26-18/h1-10,17H,11-12H2,(H,22,25)(H,23,24)/t17-/m1/s1. The van der Waals surface area contributed by atoms with Crippen LogP contribution >= 0.6 is 0 Å². The molecular weight excluding hydrogens is 346 g/mol. The summed E-state index contributed by atoms with van der Waals surface area (Å²) in [6.45, 7) is 0.0570. The summed E-state index contributed by atoms with van der Waals surface area (Å²) in [6.07, 6.45) is -0.230.